The van der Waals surface area contributed by atoms with Crippen LogP contribution in [0.3, 0.4) is 0 Å². The lowest BCUT2D eigenvalue weighted by Crippen LogP contribution is -2.62. The average Bonchev–Trinajstić information content (AvgIpc) is 3.06. The van der Waals surface area contributed by atoms with Gasteiger partial charge in [-0.15, -0.1) is 0 Å². The lowest BCUT2D eigenvalue weighted by atomic mass is 9.75. The summed E-state index contributed by atoms with van der Waals surface area (Å²) in [5.74, 6) is -1.05. The first kappa shape index (κ1) is 24.4. The lowest BCUT2D eigenvalue weighted by Gasteiger charge is -2.43. The van der Waals surface area contributed by atoms with Gasteiger partial charge in [-0.3, -0.25) is 14.6 Å². The van der Waals surface area contributed by atoms with Crippen molar-refractivity contribution in [3.05, 3.63) is 58.1 Å². The molecule has 0 unspecified atom stereocenters. The zero-order valence-corrected chi connectivity index (χ0v) is 19.9. The van der Waals surface area contributed by atoms with Gasteiger partial charge >= 0.3 is 0 Å². The minimum Gasteiger partial charge on any atom is -0.349 e. The standard InChI is InChI=1S/C25H23ClF3N5O2/c26-15-7-18(21(22(28)29)31-9-15)23(35)32-17-4-1-14(2-5-17)10-34-20-8-16(27)3-6-19(20)25(24(34)36)11-33(12-25)13-30/h3,6-9,14,17,22H,1-2,4-5,10-12H2,(H,32,35)/t14-,17-. The maximum Gasteiger partial charge on any atom is 0.281 e. The summed E-state index contributed by atoms with van der Waals surface area (Å²) in [4.78, 5) is 32.8. The number of fused-ring (bicyclic) bond motifs is 2. The maximum atomic E-state index is 14.1. The minimum atomic E-state index is -2.90. The largest absolute Gasteiger partial charge is 0.349 e. The molecule has 2 fully saturated rings. The second-order valence-corrected chi connectivity index (χ2v) is 10.1. The molecule has 11 heteroatoms. The number of aromatic nitrogens is 1. The Bertz CT molecular complexity index is 1250. The Morgan fingerprint density at radius 1 is 1.25 bits per heavy atom. The van der Waals surface area contributed by atoms with Crippen LogP contribution in [0.25, 0.3) is 0 Å². The predicted molar refractivity (Wildman–Crippen MR) is 125 cm³/mol. The molecule has 1 aliphatic carbocycles. The van der Waals surface area contributed by atoms with Gasteiger partial charge < -0.3 is 15.1 Å². The van der Waals surface area contributed by atoms with E-state index >= 15 is 0 Å². The van der Waals surface area contributed by atoms with Crippen molar-refractivity contribution in [2.45, 2.75) is 43.6 Å². The van der Waals surface area contributed by atoms with E-state index in [-0.39, 0.29) is 41.5 Å². The summed E-state index contributed by atoms with van der Waals surface area (Å²) in [5.41, 5.74) is -0.341. The van der Waals surface area contributed by atoms with Crippen LogP contribution in [0, 0.1) is 23.2 Å². The number of benzene rings is 1. The van der Waals surface area contributed by atoms with Crippen molar-refractivity contribution in [2.75, 3.05) is 24.5 Å². The summed E-state index contributed by atoms with van der Waals surface area (Å²) in [5, 5.41) is 12.1. The molecule has 5 rings (SSSR count). The quantitative estimate of drug-likeness (QED) is 0.601. The number of likely N-dealkylation sites (tertiary alicyclic amines) is 1. The fourth-order valence-electron chi connectivity index (χ4n) is 5.59. The van der Waals surface area contributed by atoms with E-state index in [4.69, 9.17) is 16.9 Å². The van der Waals surface area contributed by atoms with Crippen LogP contribution in [0.15, 0.2) is 30.5 Å². The molecular formula is C25H23ClF3N5O2. The van der Waals surface area contributed by atoms with Crippen LogP contribution in [-0.2, 0) is 10.2 Å². The topological polar surface area (TPSA) is 89.3 Å². The Morgan fingerprint density at radius 3 is 2.64 bits per heavy atom. The third kappa shape index (κ3) is 4.15. The van der Waals surface area contributed by atoms with Crippen molar-refractivity contribution >= 4 is 29.1 Å². The van der Waals surface area contributed by atoms with E-state index in [2.05, 4.69) is 16.5 Å². The monoisotopic (exact) mass is 517 g/mol. The number of nitrogens with zero attached hydrogens (tertiary/aromatic N) is 4. The van der Waals surface area contributed by atoms with Crippen LogP contribution >= 0.6 is 11.6 Å². The molecule has 1 saturated heterocycles. The second kappa shape index (κ2) is 9.28. The summed E-state index contributed by atoms with van der Waals surface area (Å²) in [6.45, 7) is 0.988. The normalized spacial score (nSPS) is 22.4. The zero-order chi connectivity index (χ0) is 25.6. The molecule has 0 bridgehead atoms. The number of carbonyl (C=O) groups is 2. The Labute approximate surface area is 210 Å². The van der Waals surface area contributed by atoms with E-state index in [1.165, 1.54) is 23.1 Å². The summed E-state index contributed by atoms with van der Waals surface area (Å²) < 4.78 is 40.6. The number of hydrogen-bond acceptors (Lipinski definition) is 5. The van der Waals surface area contributed by atoms with Gasteiger partial charge in [0.1, 0.15) is 16.9 Å². The Kier molecular flexibility index (Phi) is 6.29. The molecule has 188 valence electrons. The highest BCUT2D eigenvalue weighted by atomic mass is 35.5. The SMILES string of the molecule is N#CN1CC2(C1)C(=O)N(C[C@H]1CC[C@H](NC(=O)c3cc(Cl)cnc3C(F)F)CC1)c1cc(F)ccc12. The molecule has 1 aromatic carbocycles. The van der Waals surface area contributed by atoms with Crippen LogP contribution in [0.4, 0.5) is 18.9 Å². The first-order valence-corrected chi connectivity index (χ1v) is 12.1. The molecule has 1 saturated carbocycles. The van der Waals surface area contributed by atoms with Crippen molar-refractivity contribution in [2.24, 2.45) is 5.92 Å². The third-order valence-corrected chi connectivity index (χ3v) is 7.65. The smallest absolute Gasteiger partial charge is 0.281 e. The molecule has 2 amide bonds. The van der Waals surface area contributed by atoms with E-state index in [1.807, 2.05) is 0 Å². The second-order valence-electron chi connectivity index (χ2n) is 9.69. The van der Waals surface area contributed by atoms with Crippen molar-refractivity contribution < 1.29 is 22.8 Å². The van der Waals surface area contributed by atoms with Gasteiger partial charge in [-0.2, -0.15) is 5.26 Å². The Hall–Kier alpha value is -3.32. The Morgan fingerprint density at radius 2 is 1.97 bits per heavy atom. The van der Waals surface area contributed by atoms with Crippen LogP contribution in [0.5, 0.6) is 0 Å². The van der Waals surface area contributed by atoms with Gasteiger partial charge in [-0.1, -0.05) is 17.7 Å². The summed E-state index contributed by atoms with van der Waals surface area (Å²) in [6.07, 6.45) is 2.86. The van der Waals surface area contributed by atoms with E-state index < -0.39 is 29.3 Å². The molecule has 0 radical (unpaired) electrons. The van der Waals surface area contributed by atoms with Gasteiger partial charge in [-0.25, -0.2) is 13.2 Å². The van der Waals surface area contributed by atoms with Crippen LogP contribution in [0.1, 0.15) is 53.7 Å². The van der Waals surface area contributed by atoms with E-state index in [0.717, 1.165) is 11.8 Å². The van der Waals surface area contributed by atoms with Crippen LogP contribution in [-0.4, -0.2) is 47.4 Å². The van der Waals surface area contributed by atoms with Crippen molar-refractivity contribution in [3.8, 4) is 6.19 Å². The number of hydrogen-bond donors (Lipinski definition) is 1. The summed E-state index contributed by atoms with van der Waals surface area (Å²) in [7, 11) is 0. The molecule has 1 spiro atoms. The molecule has 3 heterocycles. The van der Waals surface area contributed by atoms with Crippen molar-refractivity contribution in [1.82, 2.24) is 15.2 Å². The summed E-state index contributed by atoms with van der Waals surface area (Å²) in [6, 6.07) is 5.34. The number of amides is 2. The molecule has 2 aliphatic heterocycles. The number of rotatable bonds is 5. The molecule has 3 aliphatic rings. The van der Waals surface area contributed by atoms with E-state index in [1.54, 1.807) is 11.0 Å². The maximum absolute atomic E-state index is 14.1. The number of halogens is 4. The minimum absolute atomic E-state index is 0.0994. The molecule has 0 atom stereocenters. The number of alkyl halides is 2. The predicted octanol–water partition coefficient (Wildman–Crippen LogP) is 4.18. The molecule has 7 nitrogen and oxygen atoms in total. The first-order chi connectivity index (χ1) is 17.2. The highest BCUT2D eigenvalue weighted by Gasteiger charge is 2.58. The molecule has 36 heavy (non-hydrogen) atoms. The third-order valence-electron chi connectivity index (χ3n) is 7.44. The Balaban J connectivity index is 1.23. The van der Waals surface area contributed by atoms with Gasteiger partial charge in [0.05, 0.1) is 16.3 Å². The molecule has 2 aromatic rings. The number of nitriles is 1. The zero-order valence-electron chi connectivity index (χ0n) is 19.2. The average molecular weight is 518 g/mol. The number of nitrogens with one attached hydrogen (secondary N) is 1. The molecular weight excluding hydrogens is 495 g/mol. The molecule has 1 aromatic heterocycles. The first-order valence-electron chi connectivity index (χ1n) is 11.7. The van der Waals surface area contributed by atoms with Crippen LogP contribution < -0.4 is 10.2 Å². The highest BCUT2D eigenvalue weighted by molar-refractivity contribution is 6.30. The van der Waals surface area contributed by atoms with Gasteiger partial charge in [0.25, 0.3) is 12.3 Å². The summed E-state index contributed by atoms with van der Waals surface area (Å²) >= 11 is 5.86. The highest BCUT2D eigenvalue weighted by Crippen LogP contribution is 2.48. The molecule has 1 N–H and O–H groups in total. The van der Waals surface area contributed by atoms with E-state index in [0.29, 0.717) is 37.9 Å². The lowest BCUT2D eigenvalue weighted by molar-refractivity contribution is -0.127. The van der Waals surface area contributed by atoms with Gasteiger partial charge in [-0.05, 0) is 55.4 Å². The van der Waals surface area contributed by atoms with Crippen molar-refractivity contribution in [1.29, 1.82) is 5.26 Å². The fraction of sp³-hybridized carbons (Fsp3) is 0.440. The number of anilines is 1. The van der Waals surface area contributed by atoms with Crippen LogP contribution in [0.2, 0.25) is 5.02 Å². The van der Waals surface area contributed by atoms with Gasteiger partial charge in [0, 0.05) is 31.9 Å². The number of carbonyl (C=O) groups excluding carboxylic acids is 2. The van der Waals surface area contributed by atoms with E-state index in [9.17, 15) is 22.8 Å². The van der Waals surface area contributed by atoms with Gasteiger partial charge in [0.2, 0.25) is 5.91 Å². The van der Waals surface area contributed by atoms with Crippen molar-refractivity contribution in [3.63, 3.8) is 0 Å². The fourth-order valence-corrected chi connectivity index (χ4v) is 5.75. The van der Waals surface area contributed by atoms with Gasteiger partial charge in [0.15, 0.2) is 6.19 Å². The number of pyridine rings is 1.